The smallest absolute Gasteiger partial charge is 0.330 e. The fourth-order valence-corrected chi connectivity index (χ4v) is 5.31. The highest BCUT2D eigenvalue weighted by molar-refractivity contribution is 6.33. The maximum Gasteiger partial charge on any atom is 0.330 e. The molecular weight excluding hydrogens is 406 g/mol. The van der Waals surface area contributed by atoms with Crippen LogP contribution in [-0.4, -0.2) is 38.9 Å². The van der Waals surface area contributed by atoms with Crippen LogP contribution in [0.3, 0.4) is 0 Å². The lowest BCUT2D eigenvalue weighted by Crippen LogP contribution is -2.25. The quantitative estimate of drug-likeness (QED) is 0.691. The van der Waals surface area contributed by atoms with Crippen LogP contribution in [0.15, 0.2) is 23.1 Å². The molecule has 8 nitrogen and oxygen atoms in total. The molecule has 30 heavy (non-hydrogen) atoms. The summed E-state index contributed by atoms with van der Waals surface area (Å²) < 4.78 is 14.6. The van der Waals surface area contributed by atoms with Gasteiger partial charge in [-0.15, -0.1) is 0 Å². The van der Waals surface area contributed by atoms with Gasteiger partial charge >= 0.3 is 5.69 Å². The molecule has 6 rings (SSSR count). The topological polar surface area (TPSA) is 83.2 Å². The van der Waals surface area contributed by atoms with Crippen LogP contribution < -0.4 is 15.7 Å². The van der Waals surface area contributed by atoms with Crippen molar-refractivity contribution in [3.05, 3.63) is 39.4 Å². The molecule has 156 valence electrons. The van der Waals surface area contributed by atoms with Gasteiger partial charge < -0.3 is 14.8 Å². The summed E-state index contributed by atoms with van der Waals surface area (Å²) in [5, 5.41) is 3.78. The minimum atomic E-state index is -0.0462. The minimum Gasteiger partial charge on any atom is -0.493 e. The molecule has 4 heterocycles. The Morgan fingerprint density at radius 1 is 1.23 bits per heavy atom. The molecule has 2 aromatic heterocycles. The van der Waals surface area contributed by atoms with Crippen LogP contribution in [0, 0.1) is 11.8 Å². The van der Waals surface area contributed by atoms with E-state index in [-0.39, 0.29) is 11.7 Å². The fourth-order valence-electron chi connectivity index (χ4n) is 5.11. The number of benzene rings is 1. The first-order valence-electron chi connectivity index (χ1n) is 10.3. The van der Waals surface area contributed by atoms with Crippen molar-refractivity contribution in [3.63, 3.8) is 0 Å². The molecule has 3 aromatic rings. The van der Waals surface area contributed by atoms with Crippen LogP contribution in [0.5, 0.6) is 5.75 Å². The molecule has 2 fully saturated rings. The van der Waals surface area contributed by atoms with Crippen molar-refractivity contribution >= 4 is 34.4 Å². The number of imidazole rings is 1. The Morgan fingerprint density at radius 2 is 2.03 bits per heavy atom. The lowest BCUT2D eigenvalue weighted by atomic mass is 10.0. The van der Waals surface area contributed by atoms with Gasteiger partial charge in [0, 0.05) is 38.8 Å². The van der Waals surface area contributed by atoms with E-state index in [0.29, 0.717) is 35.1 Å². The average molecular weight is 428 g/mol. The molecule has 2 aliphatic heterocycles. The number of hydrogen-bond donors (Lipinski definition) is 1. The number of halogens is 1. The third-order valence-electron chi connectivity index (χ3n) is 6.70. The summed E-state index contributed by atoms with van der Waals surface area (Å²) in [6.07, 6.45) is 4.46. The summed E-state index contributed by atoms with van der Waals surface area (Å²) in [5.41, 5.74) is 3.19. The SMILES string of the molecule is Cn1c(=O)n(C2C[C@@H]3COC[C@H]3C2)c2nc(Nc3cc4c(cc3Cl)OCC4)ncc21. The van der Waals surface area contributed by atoms with E-state index in [0.717, 1.165) is 55.0 Å². The van der Waals surface area contributed by atoms with Crippen molar-refractivity contribution < 1.29 is 9.47 Å². The van der Waals surface area contributed by atoms with Gasteiger partial charge in [-0.05, 0) is 36.3 Å². The highest BCUT2D eigenvalue weighted by atomic mass is 35.5. The van der Waals surface area contributed by atoms with Crippen LogP contribution in [-0.2, 0) is 18.2 Å². The number of aromatic nitrogens is 4. The first-order chi connectivity index (χ1) is 14.6. The standard InChI is InChI=1S/C21H22ClN5O3/c1-26-17-8-23-20(24-16-6-11-2-3-30-18(11)7-15(16)22)25-19(17)27(21(26)28)14-4-12-9-29-10-13(12)5-14/h6-8,12-14H,2-5,9-10H2,1H3,(H,23,24,25)/t12-,13-/m1/s1. The molecule has 3 aliphatic rings. The predicted octanol–water partition coefficient (Wildman–Crippen LogP) is 3.06. The van der Waals surface area contributed by atoms with Crippen molar-refractivity contribution in [2.75, 3.05) is 25.1 Å². The van der Waals surface area contributed by atoms with E-state index in [1.165, 1.54) is 0 Å². The second-order valence-electron chi connectivity index (χ2n) is 8.46. The van der Waals surface area contributed by atoms with Gasteiger partial charge in [0.05, 0.1) is 23.5 Å². The maximum absolute atomic E-state index is 13.0. The van der Waals surface area contributed by atoms with Crippen molar-refractivity contribution in [1.29, 1.82) is 0 Å². The average Bonchev–Trinajstić information content (AvgIpc) is 3.47. The summed E-state index contributed by atoms with van der Waals surface area (Å²) >= 11 is 6.43. The van der Waals surface area contributed by atoms with Crippen LogP contribution in [0.25, 0.3) is 11.2 Å². The van der Waals surface area contributed by atoms with Gasteiger partial charge in [0.25, 0.3) is 0 Å². The Hall–Kier alpha value is -2.58. The monoisotopic (exact) mass is 427 g/mol. The molecule has 2 atom stereocenters. The molecular formula is C21H22ClN5O3. The molecule has 0 spiro atoms. The van der Waals surface area contributed by atoms with Gasteiger partial charge in [-0.25, -0.2) is 9.78 Å². The highest BCUT2D eigenvalue weighted by Gasteiger charge is 2.40. The predicted molar refractivity (Wildman–Crippen MR) is 113 cm³/mol. The summed E-state index contributed by atoms with van der Waals surface area (Å²) in [4.78, 5) is 22.2. The van der Waals surface area contributed by atoms with E-state index in [1.807, 2.05) is 16.7 Å². The van der Waals surface area contributed by atoms with Crippen molar-refractivity contribution in [1.82, 2.24) is 19.1 Å². The number of fused-ring (bicyclic) bond motifs is 3. The van der Waals surface area contributed by atoms with Crippen molar-refractivity contribution in [2.45, 2.75) is 25.3 Å². The second-order valence-corrected chi connectivity index (χ2v) is 8.87. The summed E-state index contributed by atoms with van der Waals surface area (Å²) in [6, 6.07) is 3.94. The van der Waals surface area contributed by atoms with Crippen LogP contribution in [0.4, 0.5) is 11.6 Å². The van der Waals surface area contributed by atoms with E-state index in [9.17, 15) is 4.79 Å². The zero-order valence-electron chi connectivity index (χ0n) is 16.6. The van der Waals surface area contributed by atoms with Crippen molar-refractivity contribution in [2.24, 2.45) is 18.9 Å². The fraction of sp³-hybridized carbons (Fsp3) is 0.476. The number of rotatable bonds is 3. The molecule has 1 saturated heterocycles. The normalized spacial score (nSPS) is 23.0. The van der Waals surface area contributed by atoms with E-state index in [4.69, 9.17) is 26.1 Å². The highest BCUT2D eigenvalue weighted by Crippen LogP contribution is 2.43. The summed E-state index contributed by atoms with van der Waals surface area (Å²) in [5.74, 6) is 2.31. The third-order valence-corrected chi connectivity index (χ3v) is 7.02. The summed E-state index contributed by atoms with van der Waals surface area (Å²) in [7, 11) is 1.77. The zero-order chi connectivity index (χ0) is 20.4. The summed E-state index contributed by atoms with van der Waals surface area (Å²) in [6.45, 7) is 2.26. The molecule has 1 aromatic carbocycles. The number of anilines is 2. The maximum atomic E-state index is 13.0. The first-order valence-corrected chi connectivity index (χ1v) is 10.7. The van der Waals surface area contributed by atoms with Gasteiger partial charge in [0.15, 0.2) is 5.65 Å². The largest absolute Gasteiger partial charge is 0.493 e. The Labute approximate surface area is 177 Å². The number of nitrogens with zero attached hydrogens (tertiary/aromatic N) is 4. The van der Waals surface area contributed by atoms with Gasteiger partial charge in [-0.3, -0.25) is 9.13 Å². The van der Waals surface area contributed by atoms with Gasteiger partial charge in [-0.2, -0.15) is 4.98 Å². The second kappa shape index (κ2) is 6.72. The van der Waals surface area contributed by atoms with Crippen LogP contribution >= 0.6 is 11.6 Å². The van der Waals surface area contributed by atoms with E-state index in [2.05, 4.69) is 10.3 Å². The van der Waals surface area contributed by atoms with Crippen molar-refractivity contribution in [3.8, 4) is 5.75 Å². The molecule has 9 heteroatoms. The molecule has 0 unspecified atom stereocenters. The Balaban J connectivity index is 1.39. The Morgan fingerprint density at radius 3 is 2.83 bits per heavy atom. The van der Waals surface area contributed by atoms with Gasteiger partial charge in [-0.1, -0.05) is 11.6 Å². The third kappa shape index (κ3) is 2.74. The van der Waals surface area contributed by atoms with E-state index in [1.54, 1.807) is 17.8 Å². The molecule has 0 amide bonds. The van der Waals surface area contributed by atoms with Gasteiger partial charge in [0.2, 0.25) is 5.95 Å². The molecule has 0 bridgehead atoms. The number of nitrogens with one attached hydrogen (secondary N) is 1. The zero-order valence-corrected chi connectivity index (χ0v) is 17.4. The van der Waals surface area contributed by atoms with Crippen LogP contribution in [0.2, 0.25) is 5.02 Å². The molecule has 1 saturated carbocycles. The molecule has 0 radical (unpaired) electrons. The minimum absolute atomic E-state index is 0.0462. The first kappa shape index (κ1) is 18.2. The van der Waals surface area contributed by atoms with Crippen LogP contribution in [0.1, 0.15) is 24.4 Å². The number of hydrogen-bond acceptors (Lipinski definition) is 6. The number of aryl methyl sites for hydroxylation is 1. The molecule has 1 N–H and O–H groups in total. The van der Waals surface area contributed by atoms with Gasteiger partial charge in [0.1, 0.15) is 11.3 Å². The van der Waals surface area contributed by atoms with E-state index < -0.39 is 0 Å². The Kier molecular flexibility index (Phi) is 4.08. The number of ether oxygens (including phenoxy) is 2. The lowest BCUT2D eigenvalue weighted by Gasteiger charge is -2.13. The van der Waals surface area contributed by atoms with E-state index >= 15 is 0 Å². The Bertz CT molecular complexity index is 1210. The lowest BCUT2D eigenvalue weighted by molar-refractivity contribution is 0.167. The molecule has 1 aliphatic carbocycles.